The first kappa shape index (κ1) is 20.2. The quantitative estimate of drug-likeness (QED) is 0.729. The van der Waals surface area contributed by atoms with Gasteiger partial charge in [0.2, 0.25) is 5.91 Å². The number of carbonyl (C=O) groups excluding carboxylic acids is 2. The van der Waals surface area contributed by atoms with Crippen LogP contribution in [-0.4, -0.2) is 83.6 Å². The van der Waals surface area contributed by atoms with Crippen molar-refractivity contribution in [2.24, 2.45) is 11.8 Å². The van der Waals surface area contributed by atoms with Gasteiger partial charge in [-0.25, -0.2) is 9.97 Å². The van der Waals surface area contributed by atoms with Gasteiger partial charge in [-0.2, -0.15) is 0 Å². The molecule has 0 aromatic carbocycles. The number of nitrogens with zero attached hydrogens (tertiary/aromatic N) is 4. The Morgan fingerprint density at radius 2 is 1.97 bits per heavy atom. The van der Waals surface area contributed by atoms with E-state index in [-0.39, 0.29) is 24.5 Å². The molecule has 1 aliphatic carbocycles. The van der Waals surface area contributed by atoms with Crippen LogP contribution in [0.2, 0.25) is 0 Å². The first-order valence-electron chi connectivity index (χ1n) is 10.7. The summed E-state index contributed by atoms with van der Waals surface area (Å²) in [6, 6.07) is 0. The Morgan fingerprint density at radius 1 is 1.21 bits per heavy atom. The lowest BCUT2D eigenvalue weighted by atomic mass is 9.95. The van der Waals surface area contributed by atoms with Gasteiger partial charge in [0.05, 0.1) is 17.4 Å². The lowest BCUT2D eigenvalue weighted by Gasteiger charge is -2.38. The Hall–Kier alpha value is -2.06. The third kappa shape index (κ3) is 5.51. The molecule has 8 nitrogen and oxygen atoms in total. The summed E-state index contributed by atoms with van der Waals surface area (Å²) in [4.78, 5) is 37.1. The molecule has 0 bridgehead atoms. The van der Waals surface area contributed by atoms with Crippen molar-refractivity contribution >= 4 is 11.8 Å². The van der Waals surface area contributed by atoms with Gasteiger partial charge < -0.3 is 19.9 Å². The van der Waals surface area contributed by atoms with Crippen LogP contribution in [-0.2, 0) is 9.53 Å². The zero-order valence-electron chi connectivity index (χ0n) is 17.2. The first-order chi connectivity index (χ1) is 14.1. The van der Waals surface area contributed by atoms with E-state index >= 15 is 0 Å². The van der Waals surface area contributed by atoms with Crippen LogP contribution in [0, 0.1) is 18.8 Å². The van der Waals surface area contributed by atoms with Crippen molar-refractivity contribution in [2.45, 2.75) is 38.7 Å². The predicted molar refractivity (Wildman–Crippen MR) is 107 cm³/mol. The second-order valence-electron chi connectivity index (χ2n) is 8.65. The molecule has 0 radical (unpaired) electrons. The number of nitrogens with one attached hydrogen (secondary N) is 1. The largest absolute Gasteiger partial charge is 0.365 e. The van der Waals surface area contributed by atoms with Crippen molar-refractivity contribution in [3.63, 3.8) is 0 Å². The van der Waals surface area contributed by atoms with Gasteiger partial charge >= 0.3 is 0 Å². The smallest absolute Gasteiger partial charge is 0.254 e. The molecule has 1 aromatic rings. The third-order valence-electron chi connectivity index (χ3n) is 6.26. The van der Waals surface area contributed by atoms with E-state index in [1.807, 2.05) is 4.90 Å². The number of likely N-dealkylation sites (tertiary alicyclic amines) is 1. The molecule has 0 unspecified atom stereocenters. The van der Waals surface area contributed by atoms with Crippen LogP contribution in [0.5, 0.6) is 0 Å². The normalized spacial score (nSPS) is 24.0. The van der Waals surface area contributed by atoms with Gasteiger partial charge in [-0.05, 0) is 57.5 Å². The molecule has 0 spiro atoms. The fraction of sp³-hybridized carbons (Fsp3) is 0.714. The molecule has 158 valence electrons. The van der Waals surface area contributed by atoms with Crippen LogP contribution in [0.3, 0.4) is 0 Å². The SMILES string of the molecule is Cc1ncncc1C(=O)NC[C@H]1CN(CC2CCN(CC3CC3)CC2)C(=O)CO1. The van der Waals surface area contributed by atoms with E-state index in [0.29, 0.717) is 30.3 Å². The second-order valence-corrected chi connectivity index (χ2v) is 8.65. The highest BCUT2D eigenvalue weighted by Gasteiger charge is 2.31. The molecule has 1 N–H and O–H groups in total. The van der Waals surface area contributed by atoms with Crippen molar-refractivity contribution < 1.29 is 14.3 Å². The molecular formula is C21H31N5O3. The molecule has 29 heavy (non-hydrogen) atoms. The summed E-state index contributed by atoms with van der Waals surface area (Å²) < 4.78 is 5.65. The highest BCUT2D eigenvalue weighted by Crippen LogP contribution is 2.31. The molecule has 2 aliphatic heterocycles. The zero-order valence-corrected chi connectivity index (χ0v) is 17.2. The highest BCUT2D eigenvalue weighted by molar-refractivity contribution is 5.94. The molecule has 4 rings (SSSR count). The fourth-order valence-electron chi connectivity index (χ4n) is 4.22. The van der Waals surface area contributed by atoms with E-state index < -0.39 is 0 Å². The van der Waals surface area contributed by atoms with Crippen molar-refractivity contribution in [1.29, 1.82) is 0 Å². The fourth-order valence-corrected chi connectivity index (χ4v) is 4.22. The number of amides is 2. The maximum atomic E-state index is 12.4. The van der Waals surface area contributed by atoms with Crippen LogP contribution in [0.15, 0.2) is 12.5 Å². The highest BCUT2D eigenvalue weighted by atomic mass is 16.5. The monoisotopic (exact) mass is 401 g/mol. The number of rotatable bonds is 7. The predicted octanol–water partition coefficient (Wildman–Crippen LogP) is 0.864. The summed E-state index contributed by atoms with van der Waals surface area (Å²) in [7, 11) is 0. The maximum absolute atomic E-state index is 12.4. The van der Waals surface area contributed by atoms with E-state index in [1.165, 1.54) is 31.9 Å². The molecule has 3 fully saturated rings. The van der Waals surface area contributed by atoms with Gasteiger partial charge in [-0.1, -0.05) is 0 Å². The topological polar surface area (TPSA) is 87.7 Å². The number of carbonyl (C=O) groups is 2. The Bertz CT molecular complexity index is 731. The molecule has 1 saturated carbocycles. The van der Waals surface area contributed by atoms with E-state index in [2.05, 4.69) is 20.2 Å². The number of ether oxygens (including phenoxy) is 1. The van der Waals surface area contributed by atoms with Gasteiger partial charge in [0.15, 0.2) is 0 Å². The minimum absolute atomic E-state index is 0.0558. The van der Waals surface area contributed by atoms with Gasteiger partial charge in [0.1, 0.15) is 12.9 Å². The van der Waals surface area contributed by atoms with Gasteiger partial charge in [0.25, 0.3) is 5.91 Å². The van der Waals surface area contributed by atoms with Crippen LogP contribution >= 0.6 is 0 Å². The summed E-state index contributed by atoms with van der Waals surface area (Å²) in [5.74, 6) is 1.35. The van der Waals surface area contributed by atoms with E-state index in [0.717, 1.165) is 38.4 Å². The van der Waals surface area contributed by atoms with Gasteiger partial charge in [-0.3, -0.25) is 9.59 Å². The van der Waals surface area contributed by atoms with Crippen molar-refractivity contribution in [3.05, 3.63) is 23.8 Å². The summed E-state index contributed by atoms with van der Waals surface area (Å²) in [6.45, 7) is 7.14. The van der Waals surface area contributed by atoms with Crippen molar-refractivity contribution in [3.8, 4) is 0 Å². The van der Waals surface area contributed by atoms with E-state index in [9.17, 15) is 9.59 Å². The first-order valence-corrected chi connectivity index (χ1v) is 10.7. The Morgan fingerprint density at radius 3 is 2.69 bits per heavy atom. The van der Waals surface area contributed by atoms with Crippen LogP contribution in [0.4, 0.5) is 0 Å². The van der Waals surface area contributed by atoms with E-state index in [1.54, 1.807) is 6.92 Å². The van der Waals surface area contributed by atoms with Crippen LogP contribution in [0.1, 0.15) is 41.7 Å². The number of piperidine rings is 1. The van der Waals surface area contributed by atoms with Crippen LogP contribution in [0.25, 0.3) is 0 Å². The minimum Gasteiger partial charge on any atom is -0.365 e. The lowest BCUT2D eigenvalue weighted by Crippen LogP contribution is -2.52. The average Bonchev–Trinajstić information content (AvgIpc) is 3.54. The summed E-state index contributed by atoms with van der Waals surface area (Å²) >= 11 is 0. The molecule has 1 aromatic heterocycles. The number of hydrogen-bond donors (Lipinski definition) is 1. The van der Waals surface area contributed by atoms with Crippen LogP contribution < -0.4 is 5.32 Å². The number of aryl methyl sites for hydroxylation is 1. The lowest BCUT2D eigenvalue weighted by molar-refractivity contribution is -0.149. The Kier molecular flexibility index (Phi) is 6.40. The summed E-state index contributed by atoms with van der Waals surface area (Å²) in [6.07, 6.45) is 7.88. The summed E-state index contributed by atoms with van der Waals surface area (Å²) in [5, 5.41) is 2.89. The average molecular weight is 402 g/mol. The van der Waals surface area contributed by atoms with Crippen molar-refractivity contribution in [1.82, 2.24) is 25.1 Å². The van der Waals surface area contributed by atoms with Gasteiger partial charge in [0, 0.05) is 32.4 Å². The van der Waals surface area contributed by atoms with E-state index in [4.69, 9.17) is 4.74 Å². The summed E-state index contributed by atoms with van der Waals surface area (Å²) in [5.41, 5.74) is 1.11. The van der Waals surface area contributed by atoms with Crippen molar-refractivity contribution in [2.75, 3.05) is 45.9 Å². The molecule has 2 amide bonds. The second kappa shape index (κ2) is 9.17. The number of hydrogen-bond acceptors (Lipinski definition) is 6. The Balaban J connectivity index is 1.22. The maximum Gasteiger partial charge on any atom is 0.254 e. The standard InChI is InChI=1S/C21H31N5O3/c1-15-19(9-22-14-24-15)21(28)23-8-18-12-26(20(27)13-29-18)11-17-4-6-25(7-5-17)10-16-2-3-16/h9,14,16-18H,2-8,10-13H2,1H3,(H,23,28)/t18-/m0/s1. The molecule has 2 saturated heterocycles. The number of morpholine rings is 1. The zero-order chi connectivity index (χ0) is 20.2. The molecule has 8 heteroatoms. The molecular weight excluding hydrogens is 370 g/mol. The molecule has 3 heterocycles. The third-order valence-corrected chi connectivity index (χ3v) is 6.26. The Labute approximate surface area is 172 Å². The molecule has 1 atom stereocenters. The minimum atomic E-state index is -0.210. The number of aromatic nitrogens is 2. The van der Waals surface area contributed by atoms with Gasteiger partial charge in [-0.15, -0.1) is 0 Å². The molecule has 3 aliphatic rings.